The molecule has 0 spiro atoms. The van der Waals surface area contributed by atoms with Crippen molar-refractivity contribution in [2.45, 2.75) is 6.92 Å². The standard InChI is InChI=1S/C14H14N2O4/c1-3-20-12-6-9(4-5-11(12)19-2)13-15-7-10(8-16-13)14(17)18/h4-8H,3H2,1-2H3,(H,17,18). The molecule has 0 aliphatic heterocycles. The fraction of sp³-hybridized carbons (Fsp3) is 0.214. The number of ether oxygens (including phenoxy) is 2. The summed E-state index contributed by atoms with van der Waals surface area (Å²) < 4.78 is 10.7. The zero-order chi connectivity index (χ0) is 14.5. The van der Waals surface area contributed by atoms with Crippen molar-refractivity contribution in [1.29, 1.82) is 0 Å². The van der Waals surface area contributed by atoms with Crippen LogP contribution in [0.15, 0.2) is 30.6 Å². The van der Waals surface area contributed by atoms with E-state index < -0.39 is 5.97 Å². The van der Waals surface area contributed by atoms with Crippen molar-refractivity contribution in [1.82, 2.24) is 9.97 Å². The first-order valence-corrected chi connectivity index (χ1v) is 6.02. The van der Waals surface area contributed by atoms with Gasteiger partial charge in [0.1, 0.15) is 0 Å². The first-order valence-electron chi connectivity index (χ1n) is 6.02. The number of carboxylic acids is 1. The highest BCUT2D eigenvalue weighted by atomic mass is 16.5. The molecule has 0 atom stereocenters. The van der Waals surface area contributed by atoms with Crippen LogP contribution in [0.25, 0.3) is 11.4 Å². The molecule has 6 nitrogen and oxygen atoms in total. The predicted octanol–water partition coefficient (Wildman–Crippen LogP) is 2.25. The van der Waals surface area contributed by atoms with Gasteiger partial charge in [0, 0.05) is 18.0 Å². The molecule has 0 saturated heterocycles. The molecule has 0 aliphatic rings. The highest BCUT2D eigenvalue weighted by Gasteiger charge is 2.10. The predicted molar refractivity (Wildman–Crippen MR) is 72.1 cm³/mol. The number of benzene rings is 1. The van der Waals surface area contributed by atoms with E-state index in [0.29, 0.717) is 23.9 Å². The molecule has 104 valence electrons. The minimum atomic E-state index is -1.05. The number of hydrogen-bond acceptors (Lipinski definition) is 5. The van der Waals surface area contributed by atoms with Crippen LogP contribution < -0.4 is 9.47 Å². The number of hydrogen-bond donors (Lipinski definition) is 1. The van der Waals surface area contributed by atoms with Crippen LogP contribution in [0, 0.1) is 0 Å². The summed E-state index contributed by atoms with van der Waals surface area (Å²) in [6.07, 6.45) is 2.55. The van der Waals surface area contributed by atoms with E-state index >= 15 is 0 Å². The Kier molecular flexibility index (Phi) is 4.14. The second kappa shape index (κ2) is 6.01. The van der Waals surface area contributed by atoms with Crippen molar-refractivity contribution < 1.29 is 19.4 Å². The Labute approximate surface area is 116 Å². The minimum absolute atomic E-state index is 0.0484. The van der Waals surface area contributed by atoms with Gasteiger partial charge >= 0.3 is 5.97 Å². The van der Waals surface area contributed by atoms with E-state index in [-0.39, 0.29) is 5.56 Å². The smallest absolute Gasteiger partial charge is 0.338 e. The van der Waals surface area contributed by atoms with Crippen molar-refractivity contribution >= 4 is 5.97 Å². The maximum Gasteiger partial charge on any atom is 0.338 e. The molecular weight excluding hydrogens is 260 g/mol. The van der Waals surface area contributed by atoms with Gasteiger partial charge in [0.15, 0.2) is 17.3 Å². The lowest BCUT2D eigenvalue weighted by Gasteiger charge is -2.10. The molecule has 0 radical (unpaired) electrons. The number of nitrogens with zero attached hydrogens (tertiary/aromatic N) is 2. The van der Waals surface area contributed by atoms with Crippen LogP contribution in [0.5, 0.6) is 11.5 Å². The Bertz CT molecular complexity index is 611. The Balaban J connectivity index is 2.36. The molecule has 6 heteroatoms. The quantitative estimate of drug-likeness (QED) is 0.900. The SMILES string of the molecule is CCOc1cc(-c2ncc(C(=O)O)cn2)ccc1OC. The molecular formula is C14H14N2O4. The van der Waals surface area contributed by atoms with Crippen LogP contribution in [0.4, 0.5) is 0 Å². The van der Waals surface area contributed by atoms with E-state index in [0.717, 1.165) is 5.56 Å². The molecule has 20 heavy (non-hydrogen) atoms. The number of carboxylic acid groups (broad SMARTS) is 1. The Morgan fingerprint density at radius 2 is 1.95 bits per heavy atom. The van der Waals surface area contributed by atoms with E-state index in [9.17, 15) is 4.79 Å². The van der Waals surface area contributed by atoms with Crippen LogP contribution in [0.2, 0.25) is 0 Å². The van der Waals surface area contributed by atoms with E-state index in [2.05, 4.69) is 9.97 Å². The van der Waals surface area contributed by atoms with Crippen molar-refractivity contribution in [2.75, 3.05) is 13.7 Å². The summed E-state index contributed by atoms with van der Waals surface area (Å²) in [5, 5.41) is 8.81. The average molecular weight is 274 g/mol. The summed E-state index contributed by atoms with van der Waals surface area (Å²) >= 11 is 0. The summed E-state index contributed by atoms with van der Waals surface area (Å²) in [5.41, 5.74) is 0.776. The van der Waals surface area contributed by atoms with Crippen molar-refractivity contribution in [3.05, 3.63) is 36.2 Å². The topological polar surface area (TPSA) is 81.5 Å². The van der Waals surface area contributed by atoms with Gasteiger partial charge in [0.25, 0.3) is 0 Å². The van der Waals surface area contributed by atoms with Gasteiger partial charge in [-0.25, -0.2) is 14.8 Å². The number of aromatic nitrogens is 2. The molecule has 0 saturated carbocycles. The molecule has 0 aliphatic carbocycles. The summed E-state index contributed by atoms with van der Waals surface area (Å²) in [6, 6.07) is 5.31. The molecule has 0 unspecified atom stereocenters. The molecule has 0 amide bonds. The maximum absolute atomic E-state index is 10.8. The largest absolute Gasteiger partial charge is 0.493 e. The molecule has 1 N–H and O–H groups in total. The second-order valence-electron chi connectivity index (χ2n) is 3.90. The van der Waals surface area contributed by atoms with E-state index in [1.807, 2.05) is 6.92 Å². The van der Waals surface area contributed by atoms with Crippen LogP contribution in [-0.2, 0) is 0 Å². The number of methoxy groups -OCH3 is 1. The van der Waals surface area contributed by atoms with Crippen LogP contribution in [0.1, 0.15) is 17.3 Å². The van der Waals surface area contributed by atoms with Gasteiger partial charge in [0.2, 0.25) is 0 Å². The highest BCUT2D eigenvalue weighted by molar-refractivity contribution is 5.86. The van der Waals surface area contributed by atoms with Crippen molar-refractivity contribution in [3.63, 3.8) is 0 Å². The monoisotopic (exact) mass is 274 g/mol. The van der Waals surface area contributed by atoms with Gasteiger partial charge in [0.05, 0.1) is 19.3 Å². The molecule has 1 aromatic heterocycles. The fourth-order valence-corrected chi connectivity index (χ4v) is 1.67. The van der Waals surface area contributed by atoms with Crippen molar-refractivity contribution in [3.8, 4) is 22.9 Å². The summed E-state index contributed by atoms with van der Waals surface area (Å²) in [4.78, 5) is 18.8. The van der Waals surface area contributed by atoms with Crippen LogP contribution in [0.3, 0.4) is 0 Å². The molecule has 1 aromatic carbocycles. The maximum atomic E-state index is 10.8. The third kappa shape index (κ3) is 2.85. The average Bonchev–Trinajstić information content (AvgIpc) is 2.47. The minimum Gasteiger partial charge on any atom is -0.493 e. The van der Waals surface area contributed by atoms with Gasteiger partial charge in [-0.2, -0.15) is 0 Å². The Morgan fingerprint density at radius 1 is 1.25 bits per heavy atom. The summed E-state index contributed by atoms with van der Waals surface area (Å²) in [7, 11) is 1.57. The summed E-state index contributed by atoms with van der Waals surface area (Å²) in [6.45, 7) is 2.39. The molecule has 2 rings (SSSR count). The lowest BCUT2D eigenvalue weighted by atomic mass is 10.2. The van der Waals surface area contributed by atoms with E-state index in [4.69, 9.17) is 14.6 Å². The van der Waals surface area contributed by atoms with Gasteiger partial charge in [-0.05, 0) is 25.1 Å². The highest BCUT2D eigenvalue weighted by Crippen LogP contribution is 2.31. The number of carbonyl (C=O) groups is 1. The first kappa shape index (κ1) is 13.8. The molecule has 0 bridgehead atoms. The summed E-state index contributed by atoms with van der Waals surface area (Å²) in [5.74, 6) is 0.594. The zero-order valence-electron chi connectivity index (χ0n) is 11.2. The number of aromatic carboxylic acids is 1. The molecule has 0 fully saturated rings. The van der Waals surface area contributed by atoms with Crippen LogP contribution in [-0.4, -0.2) is 34.8 Å². The lowest BCUT2D eigenvalue weighted by molar-refractivity contribution is 0.0696. The number of rotatable bonds is 5. The van der Waals surface area contributed by atoms with Crippen LogP contribution >= 0.6 is 0 Å². The zero-order valence-corrected chi connectivity index (χ0v) is 11.2. The Hall–Kier alpha value is -2.63. The lowest BCUT2D eigenvalue weighted by Crippen LogP contribution is -2.00. The van der Waals surface area contributed by atoms with Gasteiger partial charge in [-0.1, -0.05) is 0 Å². The Morgan fingerprint density at radius 3 is 2.50 bits per heavy atom. The molecule has 1 heterocycles. The normalized spacial score (nSPS) is 10.1. The fourth-order valence-electron chi connectivity index (χ4n) is 1.67. The van der Waals surface area contributed by atoms with E-state index in [1.54, 1.807) is 25.3 Å². The molecule has 2 aromatic rings. The van der Waals surface area contributed by atoms with Crippen molar-refractivity contribution in [2.24, 2.45) is 0 Å². The van der Waals surface area contributed by atoms with Gasteiger partial charge in [-0.3, -0.25) is 0 Å². The third-order valence-electron chi connectivity index (χ3n) is 2.62. The van der Waals surface area contributed by atoms with Gasteiger partial charge < -0.3 is 14.6 Å². The van der Waals surface area contributed by atoms with Gasteiger partial charge in [-0.15, -0.1) is 0 Å². The third-order valence-corrected chi connectivity index (χ3v) is 2.62. The van der Waals surface area contributed by atoms with E-state index in [1.165, 1.54) is 12.4 Å². The first-order chi connectivity index (χ1) is 9.65. The second-order valence-corrected chi connectivity index (χ2v) is 3.90.